The third-order valence-corrected chi connectivity index (χ3v) is 3.33. The van der Waals surface area contributed by atoms with E-state index in [9.17, 15) is 9.90 Å². The zero-order valence-corrected chi connectivity index (χ0v) is 14.1. The Morgan fingerprint density at radius 3 is 2.74 bits per heavy atom. The molecule has 1 heterocycles. The lowest BCUT2D eigenvalue weighted by Gasteiger charge is -2.16. The molecule has 0 aliphatic carbocycles. The highest BCUT2D eigenvalue weighted by Crippen LogP contribution is 2.16. The Balaban J connectivity index is 2.99. The standard InChI is InChI=1S/C16H25N5O2/c1-4-18-12-21(9-5-8-20(2)3)15(11-22)13-6-7-14(16(17)23)19-10-13/h6-7,10,15,22H,4-5,8-9,11H2,1-3H3,(H-,17,23)/p+1/t15-/m0/s1. The summed E-state index contributed by atoms with van der Waals surface area (Å²) in [6.07, 6.45) is 2.48. The maximum Gasteiger partial charge on any atom is 0.307 e. The number of carbonyl (C=O) groups is 1. The minimum atomic E-state index is -0.570. The van der Waals surface area contributed by atoms with Gasteiger partial charge in [-0.1, -0.05) is 6.07 Å². The molecule has 0 bridgehead atoms. The van der Waals surface area contributed by atoms with Crippen LogP contribution in [0, 0.1) is 0 Å². The fourth-order valence-corrected chi connectivity index (χ4v) is 2.13. The van der Waals surface area contributed by atoms with E-state index in [4.69, 9.17) is 5.73 Å². The van der Waals surface area contributed by atoms with E-state index in [2.05, 4.69) is 20.9 Å². The number of aliphatic imine (C=N–C) groups is 1. The van der Waals surface area contributed by atoms with Crippen LogP contribution in [-0.4, -0.2) is 71.8 Å². The van der Waals surface area contributed by atoms with Crippen molar-refractivity contribution in [2.45, 2.75) is 19.4 Å². The highest BCUT2D eigenvalue weighted by atomic mass is 16.3. The molecule has 7 heteroatoms. The molecule has 0 aromatic carbocycles. The van der Waals surface area contributed by atoms with Crippen molar-refractivity contribution in [2.24, 2.45) is 10.7 Å². The number of hydrogen-bond acceptors (Lipinski definition) is 5. The minimum Gasteiger partial charge on any atom is -0.392 e. The summed E-state index contributed by atoms with van der Waals surface area (Å²) < 4.78 is 1.88. The number of nitrogens with two attached hydrogens (primary N) is 1. The molecule has 126 valence electrons. The van der Waals surface area contributed by atoms with Gasteiger partial charge in [-0.25, -0.2) is 4.58 Å². The zero-order valence-electron chi connectivity index (χ0n) is 14.1. The van der Waals surface area contributed by atoms with Crippen molar-refractivity contribution >= 4 is 11.9 Å². The van der Waals surface area contributed by atoms with Gasteiger partial charge in [-0.15, -0.1) is 0 Å². The van der Waals surface area contributed by atoms with Crippen LogP contribution < -0.4 is 5.73 Å². The molecule has 1 atom stereocenters. The largest absolute Gasteiger partial charge is 0.392 e. The number of carbonyl (C=O) groups excluding carboxylic acids is 1. The van der Waals surface area contributed by atoms with Crippen molar-refractivity contribution < 1.29 is 14.5 Å². The Labute approximate surface area is 137 Å². The van der Waals surface area contributed by atoms with Gasteiger partial charge in [0.2, 0.25) is 0 Å². The van der Waals surface area contributed by atoms with Crippen molar-refractivity contribution in [1.29, 1.82) is 0 Å². The van der Waals surface area contributed by atoms with Gasteiger partial charge in [0.05, 0.1) is 13.2 Å². The Bertz CT molecular complexity index is 562. The van der Waals surface area contributed by atoms with E-state index in [1.807, 2.05) is 25.6 Å². The first kappa shape index (κ1) is 19.0. The second kappa shape index (κ2) is 9.84. The molecule has 0 saturated heterocycles. The first-order chi connectivity index (χ1) is 11.0. The van der Waals surface area contributed by atoms with Gasteiger partial charge in [-0.05, 0) is 38.5 Å². The average molecular weight is 320 g/mol. The molecular weight excluding hydrogens is 294 g/mol. The number of pyridine rings is 1. The lowest BCUT2D eigenvalue weighted by atomic mass is 10.1. The Hall–Kier alpha value is -2.08. The van der Waals surface area contributed by atoms with E-state index >= 15 is 0 Å². The molecule has 1 aromatic heterocycles. The van der Waals surface area contributed by atoms with Gasteiger partial charge >= 0.3 is 6.01 Å². The predicted octanol–water partition coefficient (Wildman–Crippen LogP) is 0.372. The van der Waals surface area contributed by atoms with E-state index in [-0.39, 0.29) is 18.3 Å². The van der Waals surface area contributed by atoms with Crippen molar-refractivity contribution in [1.82, 2.24) is 9.88 Å². The summed E-state index contributed by atoms with van der Waals surface area (Å²) in [6, 6.07) is 6.00. The Morgan fingerprint density at radius 1 is 1.52 bits per heavy atom. The summed E-state index contributed by atoms with van der Waals surface area (Å²) in [4.78, 5) is 21.4. The van der Waals surface area contributed by atoms with Gasteiger partial charge in [-0.2, -0.15) is 0 Å². The van der Waals surface area contributed by atoms with Crippen molar-refractivity contribution in [3.63, 3.8) is 0 Å². The quantitative estimate of drug-likeness (QED) is 0.508. The number of primary amides is 1. The fraction of sp³-hybridized carbons (Fsp3) is 0.562. The maximum absolute atomic E-state index is 11.1. The number of nitrogens with zero attached hydrogens (tertiary/aromatic N) is 4. The average Bonchev–Trinajstić information content (AvgIpc) is 2.52. The number of rotatable bonds is 9. The summed E-state index contributed by atoms with van der Waals surface area (Å²) in [7, 11) is 4.04. The SMILES string of the molecule is CCN=C=[N+](CCCN(C)C)[C@@H](CO)c1ccc(C(N)=O)nc1. The van der Waals surface area contributed by atoms with E-state index < -0.39 is 5.91 Å². The van der Waals surface area contributed by atoms with Gasteiger partial charge in [-0.3, -0.25) is 9.78 Å². The highest BCUT2D eigenvalue weighted by Gasteiger charge is 2.20. The van der Waals surface area contributed by atoms with Gasteiger partial charge in [0.15, 0.2) is 6.04 Å². The van der Waals surface area contributed by atoms with E-state index in [0.29, 0.717) is 13.1 Å². The molecule has 7 nitrogen and oxygen atoms in total. The molecule has 0 fully saturated rings. The van der Waals surface area contributed by atoms with Crippen LogP contribution in [0.5, 0.6) is 0 Å². The lowest BCUT2D eigenvalue weighted by molar-refractivity contribution is -0.570. The molecule has 0 radical (unpaired) electrons. The number of aliphatic hydroxyl groups excluding tert-OH is 1. The molecule has 0 aliphatic heterocycles. The zero-order chi connectivity index (χ0) is 17.2. The lowest BCUT2D eigenvalue weighted by Crippen LogP contribution is -2.26. The van der Waals surface area contributed by atoms with Crippen LogP contribution in [0.15, 0.2) is 23.3 Å². The van der Waals surface area contributed by atoms with Gasteiger partial charge < -0.3 is 15.7 Å². The third-order valence-electron chi connectivity index (χ3n) is 3.33. The van der Waals surface area contributed by atoms with Crippen LogP contribution >= 0.6 is 0 Å². The van der Waals surface area contributed by atoms with Crippen molar-refractivity contribution in [3.8, 4) is 0 Å². The van der Waals surface area contributed by atoms with Gasteiger partial charge in [0.25, 0.3) is 5.91 Å². The van der Waals surface area contributed by atoms with Crippen molar-refractivity contribution in [2.75, 3.05) is 40.3 Å². The minimum absolute atomic E-state index is 0.0915. The van der Waals surface area contributed by atoms with Crippen LogP contribution in [0.2, 0.25) is 0 Å². The van der Waals surface area contributed by atoms with E-state index in [1.165, 1.54) is 0 Å². The number of aliphatic hydroxyl groups is 1. The first-order valence-corrected chi connectivity index (χ1v) is 7.69. The molecule has 1 amide bonds. The molecule has 3 N–H and O–H groups in total. The number of aromatic nitrogens is 1. The first-order valence-electron chi connectivity index (χ1n) is 7.69. The summed E-state index contributed by atoms with van der Waals surface area (Å²) in [6.45, 7) is 4.11. The second-order valence-corrected chi connectivity index (χ2v) is 5.46. The summed E-state index contributed by atoms with van der Waals surface area (Å²) in [5.41, 5.74) is 6.20. The fourth-order valence-electron chi connectivity index (χ4n) is 2.13. The van der Waals surface area contributed by atoms with E-state index in [1.54, 1.807) is 18.3 Å². The molecule has 23 heavy (non-hydrogen) atoms. The molecule has 0 aliphatic rings. The van der Waals surface area contributed by atoms with Gasteiger partial charge in [0, 0.05) is 18.3 Å². The molecular formula is C16H26N5O2+. The Kier molecular flexibility index (Phi) is 8.11. The van der Waals surface area contributed by atoms with Crippen LogP contribution in [0.1, 0.15) is 35.4 Å². The van der Waals surface area contributed by atoms with Crippen LogP contribution in [0.4, 0.5) is 0 Å². The van der Waals surface area contributed by atoms with Crippen LogP contribution in [0.25, 0.3) is 0 Å². The second-order valence-electron chi connectivity index (χ2n) is 5.46. The molecule has 0 saturated carbocycles. The molecule has 1 aromatic rings. The summed E-state index contributed by atoms with van der Waals surface area (Å²) in [5.74, 6) is -0.570. The van der Waals surface area contributed by atoms with Crippen LogP contribution in [-0.2, 0) is 0 Å². The highest BCUT2D eigenvalue weighted by molar-refractivity contribution is 5.90. The molecule has 0 spiro atoms. The monoisotopic (exact) mass is 320 g/mol. The summed E-state index contributed by atoms with van der Waals surface area (Å²) >= 11 is 0. The maximum atomic E-state index is 11.1. The third kappa shape index (κ3) is 6.28. The molecule has 1 rings (SSSR count). The van der Waals surface area contributed by atoms with Gasteiger partial charge in [0.1, 0.15) is 12.2 Å². The van der Waals surface area contributed by atoms with E-state index in [0.717, 1.165) is 18.5 Å². The van der Waals surface area contributed by atoms with Crippen molar-refractivity contribution in [3.05, 3.63) is 29.6 Å². The predicted molar refractivity (Wildman–Crippen MR) is 88.9 cm³/mol. The number of amides is 1. The number of hydrogen-bond donors (Lipinski definition) is 2. The molecule has 0 unspecified atom stereocenters. The Morgan fingerprint density at radius 2 is 2.26 bits per heavy atom. The van der Waals surface area contributed by atoms with Crippen LogP contribution in [0.3, 0.4) is 0 Å². The summed E-state index contributed by atoms with van der Waals surface area (Å²) in [5, 5.41) is 9.78. The topological polar surface area (TPSA) is 94.8 Å². The normalized spacial score (nSPS) is 11.9. The smallest absolute Gasteiger partial charge is 0.307 e.